The van der Waals surface area contributed by atoms with Crippen molar-refractivity contribution in [1.82, 2.24) is 15.1 Å². The highest BCUT2D eigenvalue weighted by Gasteiger charge is 2.37. The van der Waals surface area contributed by atoms with Crippen LogP contribution < -0.4 is 4.90 Å². The fourth-order valence-corrected chi connectivity index (χ4v) is 3.81. The molecule has 0 radical (unpaired) electrons. The van der Waals surface area contributed by atoms with E-state index < -0.39 is 0 Å². The third-order valence-corrected chi connectivity index (χ3v) is 5.28. The molecular weight excluding hydrogens is 276 g/mol. The van der Waals surface area contributed by atoms with E-state index in [1.54, 1.807) is 0 Å². The zero-order valence-electron chi connectivity index (χ0n) is 13.4. The summed E-state index contributed by atoms with van der Waals surface area (Å²) < 4.78 is 6.09. The van der Waals surface area contributed by atoms with Gasteiger partial charge in [0.2, 0.25) is 0 Å². The van der Waals surface area contributed by atoms with Crippen LogP contribution in [0, 0.1) is 12.8 Å². The Bertz CT molecular complexity index is 502. The van der Waals surface area contributed by atoms with Crippen molar-refractivity contribution < 1.29 is 4.74 Å². The highest BCUT2D eigenvalue weighted by Crippen LogP contribution is 2.33. The number of nitrogens with zero attached hydrogens (tertiary/aromatic N) is 4. The molecule has 2 aliphatic heterocycles. The van der Waals surface area contributed by atoms with Crippen molar-refractivity contribution in [2.75, 3.05) is 37.7 Å². The first-order valence-corrected chi connectivity index (χ1v) is 8.70. The zero-order chi connectivity index (χ0) is 14.9. The number of hydrogen-bond donors (Lipinski definition) is 0. The Morgan fingerprint density at radius 3 is 2.73 bits per heavy atom. The van der Waals surface area contributed by atoms with Gasteiger partial charge >= 0.3 is 0 Å². The Kier molecular flexibility index (Phi) is 4.01. The Labute approximate surface area is 132 Å². The molecule has 0 amide bonds. The molecular formula is C17H26N4O. The van der Waals surface area contributed by atoms with E-state index in [1.165, 1.54) is 25.8 Å². The standard InChI is InChI=1S/C17H26N4O/c1-13-2-5-17(19-18-13)20-8-6-15-16(7-9-20)22-11-10-21(15)12-14-3-4-14/h2,5,14-16H,3-4,6-12H2,1H3/t15-,16-/m1/s1. The average Bonchev–Trinajstić information content (AvgIpc) is 3.35. The number of anilines is 1. The van der Waals surface area contributed by atoms with Crippen LogP contribution in [-0.4, -0.2) is 60.0 Å². The minimum absolute atomic E-state index is 0.399. The SMILES string of the molecule is Cc1ccc(N2CC[C@@H]3[C@@H](CC2)OCCN3CC2CC2)nn1. The summed E-state index contributed by atoms with van der Waals surface area (Å²) in [7, 11) is 0. The average molecular weight is 302 g/mol. The molecule has 2 atom stereocenters. The van der Waals surface area contributed by atoms with Crippen molar-refractivity contribution in [2.24, 2.45) is 5.92 Å². The highest BCUT2D eigenvalue weighted by molar-refractivity contribution is 5.37. The molecule has 3 heterocycles. The maximum absolute atomic E-state index is 6.09. The summed E-state index contributed by atoms with van der Waals surface area (Å²) >= 11 is 0. The number of aromatic nitrogens is 2. The molecule has 0 bridgehead atoms. The maximum atomic E-state index is 6.09. The van der Waals surface area contributed by atoms with Crippen molar-refractivity contribution in [3.05, 3.63) is 17.8 Å². The molecule has 1 aromatic heterocycles. The first-order valence-electron chi connectivity index (χ1n) is 8.70. The summed E-state index contributed by atoms with van der Waals surface area (Å²) in [6.45, 7) is 7.37. The first-order chi connectivity index (χ1) is 10.8. The van der Waals surface area contributed by atoms with Crippen LogP contribution >= 0.6 is 0 Å². The van der Waals surface area contributed by atoms with Gasteiger partial charge in [-0.25, -0.2) is 0 Å². The van der Waals surface area contributed by atoms with Gasteiger partial charge in [-0.3, -0.25) is 4.90 Å². The van der Waals surface area contributed by atoms with Crippen LogP contribution in [0.3, 0.4) is 0 Å². The Balaban J connectivity index is 1.44. The lowest BCUT2D eigenvalue weighted by molar-refractivity contribution is -0.0726. The Hall–Kier alpha value is -1.20. The van der Waals surface area contributed by atoms with E-state index in [9.17, 15) is 0 Å². The van der Waals surface area contributed by atoms with Crippen LogP contribution in [0.5, 0.6) is 0 Å². The first kappa shape index (κ1) is 14.4. The molecule has 0 spiro atoms. The van der Waals surface area contributed by atoms with E-state index in [2.05, 4.69) is 32.1 Å². The van der Waals surface area contributed by atoms with E-state index in [0.717, 1.165) is 50.1 Å². The van der Waals surface area contributed by atoms with Gasteiger partial charge in [-0.1, -0.05) is 0 Å². The normalized spacial score (nSPS) is 30.0. The van der Waals surface area contributed by atoms with Crippen molar-refractivity contribution in [2.45, 2.75) is 44.8 Å². The van der Waals surface area contributed by atoms with E-state index in [0.29, 0.717) is 12.1 Å². The van der Waals surface area contributed by atoms with Crippen molar-refractivity contribution in [1.29, 1.82) is 0 Å². The summed E-state index contributed by atoms with van der Waals surface area (Å²) in [5.41, 5.74) is 0.978. The second-order valence-electron chi connectivity index (χ2n) is 7.01. The molecule has 0 unspecified atom stereocenters. The highest BCUT2D eigenvalue weighted by atomic mass is 16.5. The van der Waals surface area contributed by atoms with Gasteiger partial charge in [-0.2, -0.15) is 5.10 Å². The minimum Gasteiger partial charge on any atom is -0.375 e. The van der Waals surface area contributed by atoms with Gasteiger partial charge in [0.05, 0.1) is 18.4 Å². The van der Waals surface area contributed by atoms with Crippen molar-refractivity contribution in [3.8, 4) is 0 Å². The van der Waals surface area contributed by atoms with Crippen LogP contribution in [0.25, 0.3) is 0 Å². The molecule has 22 heavy (non-hydrogen) atoms. The fraction of sp³-hybridized carbons (Fsp3) is 0.765. The fourth-order valence-electron chi connectivity index (χ4n) is 3.81. The van der Waals surface area contributed by atoms with Crippen molar-refractivity contribution >= 4 is 5.82 Å². The van der Waals surface area contributed by atoms with Crippen molar-refractivity contribution in [3.63, 3.8) is 0 Å². The summed E-state index contributed by atoms with van der Waals surface area (Å²) in [4.78, 5) is 5.08. The molecule has 4 rings (SSSR count). The summed E-state index contributed by atoms with van der Waals surface area (Å²) in [5, 5.41) is 8.56. The second kappa shape index (κ2) is 6.13. The number of aryl methyl sites for hydroxylation is 1. The molecule has 1 aromatic rings. The van der Waals surface area contributed by atoms with Crippen LogP contribution in [0.15, 0.2) is 12.1 Å². The monoisotopic (exact) mass is 302 g/mol. The lowest BCUT2D eigenvalue weighted by Crippen LogP contribution is -2.51. The minimum atomic E-state index is 0.399. The van der Waals surface area contributed by atoms with Gasteiger partial charge in [0.15, 0.2) is 5.82 Å². The summed E-state index contributed by atoms with van der Waals surface area (Å²) in [6.07, 6.45) is 5.53. The van der Waals surface area contributed by atoms with Gasteiger partial charge in [-0.15, -0.1) is 5.10 Å². The number of rotatable bonds is 3. The molecule has 2 saturated heterocycles. The Morgan fingerprint density at radius 2 is 1.95 bits per heavy atom. The van der Waals surface area contributed by atoms with E-state index in [-0.39, 0.29) is 0 Å². The third-order valence-electron chi connectivity index (χ3n) is 5.28. The number of hydrogen-bond acceptors (Lipinski definition) is 5. The van der Waals surface area contributed by atoms with E-state index in [1.807, 2.05) is 6.92 Å². The Morgan fingerprint density at radius 1 is 1.09 bits per heavy atom. The third kappa shape index (κ3) is 3.10. The zero-order valence-corrected chi connectivity index (χ0v) is 13.4. The van der Waals surface area contributed by atoms with E-state index >= 15 is 0 Å². The van der Waals surface area contributed by atoms with E-state index in [4.69, 9.17) is 4.74 Å². The predicted octanol–water partition coefficient (Wildman–Crippen LogP) is 1.86. The summed E-state index contributed by atoms with van der Waals surface area (Å²) in [5.74, 6) is 1.97. The van der Waals surface area contributed by atoms with Crippen LogP contribution in [-0.2, 0) is 4.74 Å². The largest absolute Gasteiger partial charge is 0.375 e. The molecule has 0 aromatic carbocycles. The van der Waals surface area contributed by atoms with Gasteiger partial charge < -0.3 is 9.64 Å². The maximum Gasteiger partial charge on any atom is 0.151 e. The van der Waals surface area contributed by atoms with Crippen LogP contribution in [0.1, 0.15) is 31.4 Å². The lowest BCUT2D eigenvalue weighted by Gasteiger charge is -2.40. The predicted molar refractivity (Wildman–Crippen MR) is 86.0 cm³/mol. The topological polar surface area (TPSA) is 41.5 Å². The number of ether oxygens (including phenoxy) is 1. The second-order valence-corrected chi connectivity index (χ2v) is 7.01. The number of fused-ring (bicyclic) bond motifs is 1. The smallest absolute Gasteiger partial charge is 0.151 e. The van der Waals surface area contributed by atoms with Crippen LogP contribution in [0.4, 0.5) is 5.82 Å². The quantitative estimate of drug-likeness (QED) is 0.852. The number of morpholine rings is 1. The molecule has 5 heteroatoms. The summed E-state index contributed by atoms with van der Waals surface area (Å²) in [6, 6.07) is 4.74. The van der Waals surface area contributed by atoms with Gasteiger partial charge in [0.1, 0.15) is 0 Å². The molecule has 120 valence electrons. The molecule has 1 aliphatic carbocycles. The molecule has 0 N–H and O–H groups in total. The molecule has 3 fully saturated rings. The molecule has 3 aliphatic rings. The van der Waals surface area contributed by atoms with Gasteiger partial charge in [-0.05, 0) is 50.7 Å². The van der Waals surface area contributed by atoms with Gasteiger partial charge in [0.25, 0.3) is 0 Å². The van der Waals surface area contributed by atoms with Gasteiger partial charge in [0, 0.05) is 32.2 Å². The molecule has 1 saturated carbocycles. The lowest BCUT2D eigenvalue weighted by atomic mass is 10.0. The van der Waals surface area contributed by atoms with Crippen LogP contribution in [0.2, 0.25) is 0 Å². The molecule has 5 nitrogen and oxygen atoms in total.